The molecular weight excluding hydrogens is 237 g/mol. The third-order valence-corrected chi connectivity index (χ3v) is 3.44. The molecule has 0 atom stereocenters. The van der Waals surface area contributed by atoms with Gasteiger partial charge in [-0.3, -0.25) is 0 Å². The molecule has 1 rings (SSSR count). The fourth-order valence-corrected chi connectivity index (χ4v) is 3.71. The SMILES string of the molecule is ClC1=C[P+](Cl)(Cl)N=C(Cl)N1. The first-order chi connectivity index (χ1) is 4.49. The van der Waals surface area contributed by atoms with Crippen molar-refractivity contribution in [1.29, 1.82) is 0 Å². The van der Waals surface area contributed by atoms with E-state index in [2.05, 4.69) is 10.1 Å². The van der Waals surface area contributed by atoms with Crippen LogP contribution >= 0.6 is 51.8 Å². The van der Waals surface area contributed by atoms with Gasteiger partial charge in [0.25, 0.3) is 0 Å². The molecule has 0 aromatic rings. The summed E-state index contributed by atoms with van der Waals surface area (Å²) in [4.78, 5) is 0. The van der Waals surface area contributed by atoms with Gasteiger partial charge in [-0.15, -0.1) is 0 Å². The van der Waals surface area contributed by atoms with E-state index in [1.165, 1.54) is 5.82 Å². The first-order valence-electron chi connectivity index (χ1n) is 2.19. The number of nitrogens with zero attached hydrogens (tertiary/aromatic N) is 1. The molecule has 1 aliphatic rings. The van der Waals surface area contributed by atoms with Crippen molar-refractivity contribution in [3.63, 3.8) is 0 Å². The van der Waals surface area contributed by atoms with Crippen molar-refractivity contribution in [3.05, 3.63) is 11.0 Å². The van der Waals surface area contributed by atoms with E-state index < -0.39 is 6.12 Å². The van der Waals surface area contributed by atoms with Crippen molar-refractivity contribution in [2.45, 2.75) is 0 Å². The van der Waals surface area contributed by atoms with E-state index in [9.17, 15) is 0 Å². The Labute approximate surface area is 78.2 Å². The molecule has 1 aliphatic heterocycles. The van der Waals surface area contributed by atoms with Gasteiger partial charge in [0, 0.05) is 0 Å². The number of amidine groups is 1. The van der Waals surface area contributed by atoms with Crippen LogP contribution < -0.4 is 5.32 Å². The number of halogens is 4. The van der Waals surface area contributed by atoms with Gasteiger partial charge in [-0.2, -0.15) is 0 Å². The lowest BCUT2D eigenvalue weighted by atomic mass is 10.9. The number of hydrogen-bond acceptors (Lipinski definition) is 2. The second-order valence-electron chi connectivity index (χ2n) is 1.52. The van der Waals surface area contributed by atoms with Gasteiger partial charge in [-0.05, 0) is 11.6 Å². The van der Waals surface area contributed by atoms with Gasteiger partial charge in [0.2, 0.25) is 5.29 Å². The molecule has 0 unspecified atom stereocenters. The highest BCUT2D eigenvalue weighted by Crippen LogP contribution is 2.73. The monoisotopic (exact) mass is 237 g/mol. The summed E-state index contributed by atoms with van der Waals surface area (Å²) in [6.45, 7) is 0. The Morgan fingerprint density at radius 3 is 2.40 bits per heavy atom. The maximum absolute atomic E-state index is 5.67. The van der Waals surface area contributed by atoms with Crippen LogP contribution in [-0.4, -0.2) is 5.29 Å². The van der Waals surface area contributed by atoms with E-state index in [0.29, 0.717) is 5.16 Å². The molecule has 1 N–H and O–H groups in total. The van der Waals surface area contributed by atoms with Crippen molar-refractivity contribution < 1.29 is 0 Å². The van der Waals surface area contributed by atoms with Gasteiger partial charge in [-0.25, -0.2) is 0 Å². The summed E-state index contributed by atoms with van der Waals surface area (Å²) in [7, 11) is 0. The van der Waals surface area contributed by atoms with Crippen molar-refractivity contribution in [2.24, 2.45) is 4.76 Å². The first-order valence-corrected chi connectivity index (χ1v) is 6.56. The number of hydrogen-bond donors (Lipinski definition) is 1. The fourth-order valence-electron chi connectivity index (χ4n) is 0.438. The maximum atomic E-state index is 5.67. The zero-order valence-corrected chi connectivity index (χ0v) is 8.40. The minimum absolute atomic E-state index is 0.130. The quantitative estimate of drug-likeness (QED) is 0.507. The van der Waals surface area contributed by atoms with Crippen LogP contribution in [-0.2, 0) is 0 Å². The van der Waals surface area contributed by atoms with Crippen molar-refractivity contribution in [1.82, 2.24) is 5.32 Å². The van der Waals surface area contributed by atoms with Crippen LogP contribution in [0.15, 0.2) is 15.7 Å². The van der Waals surface area contributed by atoms with Crippen LogP contribution in [0.2, 0.25) is 0 Å². The third-order valence-electron chi connectivity index (χ3n) is 0.712. The molecule has 0 saturated carbocycles. The molecule has 7 heteroatoms. The van der Waals surface area contributed by atoms with Gasteiger partial charge in [-0.1, -0.05) is 16.4 Å². The van der Waals surface area contributed by atoms with Crippen molar-refractivity contribution in [2.75, 3.05) is 0 Å². The zero-order valence-electron chi connectivity index (χ0n) is 4.48. The van der Waals surface area contributed by atoms with Gasteiger partial charge < -0.3 is 5.32 Å². The Morgan fingerprint density at radius 2 is 2.00 bits per heavy atom. The molecule has 0 bridgehead atoms. The number of rotatable bonds is 0. The van der Waals surface area contributed by atoms with E-state index in [1.807, 2.05) is 0 Å². The van der Waals surface area contributed by atoms with Crippen molar-refractivity contribution in [3.8, 4) is 0 Å². The van der Waals surface area contributed by atoms with Gasteiger partial charge in [0.1, 0.15) is 27.6 Å². The summed E-state index contributed by atoms with van der Waals surface area (Å²) in [5, 5.41) is 2.98. The summed E-state index contributed by atoms with van der Waals surface area (Å²) in [5.41, 5.74) is 0. The Bertz CT molecular complexity index is 191. The van der Waals surface area contributed by atoms with E-state index in [1.54, 1.807) is 0 Å². The Balaban J connectivity index is 2.88. The normalized spacial score (nSPS) is 22.8. The van der Waals surface area contributed by atoms with E-state index in [0.717, 1.165) is 0 Å². The van der Waals surface area contributed by atoms with E-state index >= 15 is 0 Å². The average molecular weight is 239 g/mol. The maximum Gasteiger partial charge on any atom is 0.358 e. The van der Waals surface area contributed by atoms with Gasteiger partial charge >= 0.3 is 6.12 Å². The largest absolute Gasteiger partial charge is 0.358 e. The molecule has 0 saturated heterocycles. The Kier molecular flexibility index (Phi) is 2.70. The van der Waals surface area contributed by atoms with Crippen molar-refractivity contribution >= 4 is 57.1 Å². The lowest BCUT2D eigenvalue weighted by Crippen LogP contribution is -2.16. The predicted octanol–water partition coefficient (Wildman–Crippen LogP) is 3.46. The van der Waals surface area contributed by atoms with Crippen LogP contribution in [0.25, 0.3) is 0 Å². The van der Waals surface area contributed by atoms with Crippen LogP contribution in [0.5, 0.6) is 0 Å². The fraction of sp³-hybridized carbons (Fsp3) is 0. The molecule has 10 heavy (non-hydrogen) atoms. The molecule has 0 fully saturated rings. The van der Waals surface area contributed by atoms with Crippen LogP contribution in [0.1, 0.15) is 0 Å². The molecule has 0 aromatic heterocycles. The zero-order chi connectivity index (χ0) is 7.78. The first kappa shape index (κ1) is 8.89. The van der Waals surface area contributed by atoms with Gasteiger partial charge in [0.05, 0.1) is 0 Å². The highest BCUT2D eigenvalue weighted by Gasteiger charge is 2.37. The third kappa shape index (κ3) is 2.44. The molecule has 1 heterocycles. The second-order valence-corrected chi connectivity index (χ2v) is 7.40. The lowest BCUT2D eigenvalue weighted by Gasteiger charge is -2.07. The summed E-state index contributed by atoms with van der Waals surface area (Å²) < 4.78 is 3.72. The second kappa shape index (κ2) is 3.04. The molecule has 0 amide bonds. The molecule has 56 valence electrons. The van der Waals surface area contributed by atoms with Crippen LogP contribution in [0.3, 0.4) is 0 Å². The topological polar surface area (TPSA) is 24.4 Å². The predicted molar refractivity (Wildman–Crippen MR) is 49.0 cm³/mol. The highest BCUT2D eigenvalue weighted by atomic mass is 35.9. The van der Waals surface area contributed by atoms with Crippen LogP contribution in [0, 0.1) is 0 Å². The summed E-state index contributed by atoms with van der Waals surface area (Å²) in [6, 6.07) is 0. The lowest BCUT2D eigenvalue weighted by molar-refractivity contribution is 1.26. The molecule has 0 spiro atoms. The molecule has 0 radical (unpaired) electrons. The minimum Gasteiger partial charge on any atom is -0.315 e. The van der Waals surface area contributed by atoms with E-state index in [4.69, 9.17) is 45.7 Å². The standard InChI is InChI=1S/C3H2Cl4N2P/c4-2-1-10(6,7)9-3(5)8-2/h1H,(H,8,9)/q+1. The van der Waals surface area contributed by atoms with E-state index in [-0.39, 0.29) is 5.29 Å². The Hall–Kier alpha value is 0.800. The molecule has 2 nitrogen and oxygen atoms in total. The summed E-state index contributed by atoms with van der Waals surface area (Å²) >= 11 is 22.3. The number of nitrogens with one attached hydrogen (secondary N) is 1. The minimum atomic E-state index is -2.40. The smallest absolute Gasteiger partial charge is 0.315 e. The Morgan fingerprint density at radius 1 is 1.40 bits per heavy atom. The highest BCUT2D eigenvalue weighted by molar-refractivity contribution is 8.18. The molecule has 0 aromatic carbocycles. The molecular formula is C3H2Cl4N2P+. The summed E-state index contributed by atoms with van der Waals surface area (Å²) in [5.74, 6) is 1.45. The van der Waals surface area contributed by atoms with Gasteiger partial charge in [0.15, 0.2) is 5.82 Å². The average Bonchev–Trinajstić information content (AvgIpc) is 1.54. The van der Waals surface area contributed by atoms with Crippen LogP contribution in [0.4, 0.5) is 0 Å². The summed E-state index contributed by atoms with van der Waals surface area (Å²) in [6.07, 6.45) is -2.40. The molecule has 0 aliphatic carbocycles.